The van der Waals surface area contributed by atoms with Crippen LogP contribution >= 0.6 is 0 Å². The van der Waals surface area contributed by atoms with E-state index in [9.17, 15) is 9.59 Å². The van der Waals surface area contributed by atoms with Gasteiger partial charge in [-0.2, -0.15) is 0 Å². The number of rotatable bonds is 3. The molecule has 2 unspecified atom stereocenters. The zero-order valence-electron chi connectivity index (χ0n) is 12.2. The summed E-state index contributed by atoms with van der Waals surface area (Å²) in [5.74, 6) is -0.118. The second kappa shape index (κ2) is 5.22. The van der Waals surface area contributed by atoms with E-state index in [1.165, 1.54) is 6.92 Å². The number of alkyl carbamates (subject to hydrolysis) is 1. The van der Waals surface area contributed by atoms with Gasteiger partial charge in [-0.05, 0) is 33.6 Å². The average molecular weight is 280 g/mol. The van der Waals surface area contributed by atoms with E-state index in [1.54, 1.807) is 10.9 Å². The number of ether oxygens (including phenoxy) is 1. The molecule has 7 nitrogen and oxygen atoms in total. The third-order valence-electron chi connectivity index (χ3n) is 3.15. The van der Waals surface area contributed by atoms with E-state index in [-0.39, 0.29) is 17.9 Å². The summed E-state index contributed by atoms with van der Waals surface area (Å²) in [5.41, 5.74) is -0.175. The second-order valence-corrected chi connectivity index (χ2v) is 6.04. The summed E-state index contributed by atoms with van der Waals surface area (Å²) >= 11 is 0. The first-order valence-electron chi connectivity index (χ1n) is 6.68. The lowest BCUT2D eigenvalue weighted by atomic mass is 9.86. The third-order valence-corrected chi connectivity index (χ3v) is 3.15. The maximum absolute atomic E-state index is 11.7. The molecule has 0 bridgehead atoms. The maximum atomic E-state index is 11.7. The van der Waals surface area contributed by atoms with Crippen molar-refractivity contribution < 1.29 is 14.3 Å². The van der Waals surface area contributed by atoms with Crippen LogP contribution < -0.4 is 5.32 Å². The van der Waals surface area contributed by atoms with Crippen molar-refractivity contribution in [2.45, 2.75) is 58.2 Å². The summed E-state index contributed by atoms with van der Waals surface area (Å²) in [7, 11) is 0. The number of Topliss-reactive ketones (excluding diaryl/α,β-unsaturated/α-hetero) is 1. The minimum absolute atomic E-state index is 0.0307. The van der Waals surface area contributed by atoms with E-state index in [4.69, 9.17) is 4.74 Å². The van der Waals surface area contributed by atoms with Crippen molar-refractivity contribution in [2.24, 2.45) is 0 Å². The van der Waals surface area contributed by atoms with Crippen LogP contribution in [0, 0.1) is 0 Å². The fraction of sp³-hybridized carbons (Fsp3) is 0.692. The average Bonchev–Trinajstić information content (AvgIpc) is 2.71. The zero-order chi connectivity index (χ0) is 14.9. The van der Waals surface area contributed by atoms with Crippen molar-refractivity contribution in [3.05, 3.63) is 11.9 Å². The highest BCUT2D eigenvalue weighted by molar-refractivity contribution is 5.91. The van der Waals surface area contributed by atoms with E-state index in [1.807, 2.05) is 20.8 Å². The predicted molar refractivity (Wildman–Crippen MR) is 71.5 cm³/mol. The molecule has 1 fully saturated rings. The lowest BCUT2D eigenvalue weighted by Crippen LogP contribution is -2.49. The molecule has 7 heteroatoms. The molecular formula is C13H20N4O3. The van der Waals surface area contributed by atoms with Gasteiger partial charge in [0.15, 0.2) is 5.78 Å². The molecule has 1 aliphatic rings. The molecule has 1 heterocycles. The first-order valence-corrected chi connectivity index (χ1v) is 6.68. The Morgan fingerprint density at radius 2 is 2.10 bits per heavy atom. The van der Waals surface area contributed by atoms with E-state index in [0.29, 0.717) is 5.69 Å². The van der Waals surface area contributed by atoms with Crippen LogP contribution in [0.5, 0.6) is 0 Å². The van der Waals surface area contributed by atoms with Gasteiger partial charge in [0.2, 0.25) is 0 Å². The van der Waals surface area contributed by atoms with E-state index in [0.717, 1.165) is 12.8 Å². The van der Waals surface area contributed by atoms with Crippen molar-refractivity contribution >= 4 is 11.9 Å². The van der Waals surface area contributed by atoms with Crippen LogP contribution in [-0.2, 0) is 4.74 Å². The number of carbonyl (C=O) groups is 2. The summed E-state index contributed by atoms with van der Waals surface area (Å²) in [5, 5.41) is 10.6. The van der Waals surface area contributed by atoms with E-state index >= 15 is 0 Å². The van der Waals surface area contributed by atoms with Gasteiger partial charge in [-0.1, -0.05) is 5.21 Å². The molecule has 0 aliphatic heterocycles. The molecule has 20 heavy (non-hydrogen) atoms. The van der Waals surface area contributed by atoms with Crippen molar-refractivity contribution in [2.75, 3.05) is 0 Å². The summed E-state index contributed by atoms with van der Waals surface area (Å²) in [6, 6.07) is -0.00511. The molecule has 0 saturated heterocycles. The fourth-order valence-electron chi connectivity index (χ4n) is 2.03. The normalized spacial score (nSPS) is 22.0. The topological polar surface area (TPSA) is 86.1 Å². The number of carbonyl (C=O) groups excluding carboxylic acids is 2. The number of ketones is 1. The molecule has 2 atom stereocenters. The highest BCUT2D eigenvalue weighted by Crippen LogP contribution is 2.31. The summed E-state index contributed by atoms with van der Waals surface area (Å²) < 4.78 is 6.86. The standard InChI is InChI=1S/C13H20N4O3/c1-8(18)10-7-17(16-15-10)11-6-5-9(11)14-12(19)20-13(2,3)4/h7,9,11H,5-6H2,1-4H3,(H,14,19). The van der Waals surface area contributed by atoms with Crippen LogP contribution in [0.2, 0.25) is 0 Å². The number of aromatic nitrogens is 3. The Balaban J connectivity index is 1.94. The number of hydrogen-bond donors (Lipinski definition) is 1. The quantitative estimate of drug-likeness (QED) is 0.852. The highest BCUT2D eigenvalue weighted by Gasteiger charge is 2.35. The van der Waals surface area contributed by atoms with E-state index in [2.05, 4.69) is 15.6 Å². The number of nitrogens with zero attached hydrogens (tertiary/aromatic N) is 3. The van der Waals surface area contributed by atoms with Crippen LogP contribution in [0.15, 0.2) is 6.20 Å². The molecular weight excluding hydrogens is 260 g/mol. The van der Waals surface area contributed by atoms with Gasteiger partial charge < -0.3 is 10.1 Å². The van der Waals surface area contributed by atoms with E-state index < -0.39 is 11.7 Å². The Labute approximate surface area is 117 Å². The second-order valence-electron chi connectivity index (χ2n) is 6.04. The summed E-state index contributed by atoms with van der Waals surface area (Å²) in [6.07, 6.45) is 2.94. The largest absolute Gasteiger partial charge is 0.444 e. The van der Waals surface area contributed by atoms with Crippen LogP contribution in [0.1, 0.15) is 57.1 Å². The van der Waals surface area contributed by atoms with Gasteiger partial charge in [-0.3, -0.25) is 4.79 Å². The van der Waals surface area contributed by atoms with Gasteiger partial charge in [-0.15, -0.1) is 5.10 Å². The lowest BCUT2D eigenvalue weighted by molar-refractivity contribution is 0.0436. The molecule has 0 radical (unpaired) electrons. The smallest absolute Gasteiger partial charge is 0.407 e. The molecule has 1 aromatic rings. The molecule has 0 spiro atoms. The van der Waals surface area contributed by atoms with Crippen molar-refractivity contribution in [3.8, 4) is 0 Å². The minimum Gasteiger partial charge on any atom is -0.444 e. The van der Waals surface area contributed by atoms with Crippen LogP contribution in [-0.4, -0.2) is 38.5 Å². The predicted octanol–water partition coefficient (Wildman–Crippen LogP) is 1.71. The molecule has 0 aromatic carbocycles. The van der Waals surface area contributed by atoms with Crippen molar-refractivity contribution in [1.29, 1.82) is 0 Å². The number of nitrogens with one attached hydrogen (secondary N) is 1. The number of amides is 1. The maximum Gasteiger partial charge on any atom is 0.407 e. The summed E-state index contributed by atoms with van der Waals surface area (Å²) in [6.45, 7) is 6.91. The van der Waals surface area contributed by atoms with Gasteiger partial charge in [0.1, 0.15) is 11.3 Å². The number of hydrogen-bond acceptors (Lipinski definition) is 5. The van der Waals surface area contributed by atoms with Crippen molar-refractivity contribution in [3.63, 3.8) is 0 Å². The third kappa shape index (κ3) is 3.34. The van der Waals surface area contributed by atoms with Gasteiger partial charge in [0.05, 0.1) is 18.3 Å². The minimum atomic E-state index is -0.515. The Bertz CT molecular complexity index is 518. The summed E-state index contributed by atoms with van der Waals surface area (Å²) in [4.78, 5) is 22.9. The monoisotopic (exact) mass is 280 g/mol. The SMILES string of the molecule is CC(=O)c1cn(C2CCC2NC(=O)OC(C)(C)C)nn1. The molecule has 1 saturated carbocycles. The lowest BCUT2D eigenvalue weighted by Gasteiger charge is -2.37. The van der Waals surface area contributed by atoms with Gasteiger partial charge in [-0.25, -0.2) is 9.48 Å². The van der Waals surface area contributed by atoms with Crippen molar-refractivity contribution in [1.82, 2.24) is 20.3 Å². The molecule has 110 valence electrons. The Morgan fingerprint density at radius 3 is 2.55 bits per heavy atom. The Hall–Kier alpha value is -1.92. The molecule has 2 rings (SSSR count). The Morgan fingerprint density at radius 1 is 1.40 bits per heavy atom. The van der Waals surface area contributed by atoms with Crippen LogP contribution in [0.4, 0.5) is 4.79 Å². The van der Waals surface area contributed by atoms with Gasteiger partial charge in [0.25, 0.3) is 0 Å². The van der Waals surface area contributed by atoms with Gasteiger partial charge in [0, 0.05) is 6.92 Å². The molecule has 1 aliphatic carbocycles. The highest BCUT2D eigenvalue weighted by atomic mass is 16.6. The fourth-order valence-corrected chi connectivity index (χ4v) is 2.03. The molecule has 1 N–H and O–H groups in total. The molecule has 1 amide bonds. The first-order chi connectivity index (χ1) is 9.26. The molecule has 1 aromatic heterocycles. The first kappa shape index (κ1) is 14.5. The van der Waals surface area contributed by atoms with Crippen LogP contribution in [0.3, 0.4) is 0 Å². The Kier molecular flexibility index (Phi) is 3.78. The van der Waals surface area contributed by atoms with Gasteiger partial charge >= 0.3 is 6.09 Å². The van der Waals surface area contributed by atoms with Crippen LogP contribution in [0.25, 0.3) is 0 Å². The zero-order valence-corrected chi connectivity index (χ0v) is 12.2.